The smallest absolute Gasteiger partial charge is 0.241 e. The molecule has 9 heteroatoms. The van der Waals surface area contributed by atoms with Crippen LogP contribution in [0.5, 0.6) is 0 Å². The quantitative estimate of drug-likeness (QED) is 0.559. The van der Waals surface area contributed by atoms with E-state index in [1.807, 2.05) is 35.9 Å². The van der Waals surface area contributed by atoms with E-state index in [0.717, 1.165) is 54.2 Å². The highest BCUT2D eigenvalue weighted by Crippen LogP contribution is 2.26. The minimum Gasteiger partial charge on any atom is -0.381 e. The average molecular weight is 395 g/mol. The van der Waals surface area contributed by atoms with E-state index in [2.05, 4.69) is 20.4 Å². The molecule has 0 amide bonds. The van der Waals surface area contributed by atoms with Gasteiger partial charge in [0, 0.05) is 31.0 Å². The standard InChI is InChI=1S/C20H22FN7O/c1-13-23-17-3-2-16(25-19(17)27(13)9-7-21)15-4-8-28-18(15)12-22-20(26-28)24-14-5-10-29-11-6-14/h2-4,8,12,14H,5-7,9-11H2,1H3,(H,24,26). The van der Waals surface area contributed by atoms with E-state index in [1.165, 1.54) is 0 Å². The van der Waals surface area contributed by atoms with E-state index < -0.39 is 6.67 Å². The molecule has 1 aliphatic rings. The van der Waals surface area contributed by atoms with Crippen molar-refractivity contribution in [3.63, 3.8) is 0 Å². The van der Waals surface area contributed by atoms with Crippen molar-refractivity contribution >= 4 is 22.6 Å². The number of aromatic nitrogens is 6. The summed E-state index contributed by atoms with van der Waals surface area (Å²) in [6.07, 6.45) is 5.61. The molecular weight excluding hydrogens is 373 g/mol. The monoisotopic (exact) mass is 395 g/mol. The summed E-state index contributed by atoms with van der Waals surface area (Å²) in [6, 6.07) is 6.15. The fraction of sp³-hybridized carbons (Fsp3) is 0.400. The van der Waals surface area contributed by atoms with E-state index in [1.54, 1.807) is 10.7 Å². The molecule has 0 bridgehead atoms. The van der Waals surface area contributed by atoms with Gasteiger partial charge in [-0.05, 0) is 38.0 Å². The van der Waals surface area contributed by atoms with Gasteiger partial charge in [0.05, 0.1) is 24.0 Å². The Hall–Kier alpha value is -3.07. The van der Waals surface area contributed by atoms with Crippen molar-refractivity contribution in [1.29, 1.82) is 0 Å². The second-order valence-corrected chi connectivity index (χ2v) is 7.21. The van der Waals surface area contributed by atoms with Gasteiger partial charge in [-0.1, -0.05) is 0 Å². The molecule has 0 aromatic carbocycles. The Balaban J connectivity index is 1.49. The summed E-state index contributed by atoms with van der Waals surface area (Å²) in [6.45, 7) is 3.19. The van der Waals surface area contributed by atoms with Gasteiger partial charge in [0.1, 0.15) is 18.0 Å². The van der Waals surface area contributed by atoms with E-state index in [-0.39, 0.29) is 6.54 Å². The van der Waals surface area contributed by atoms with Crippen molar-refractivity contribution in [2.24, 2.45) is 0 Å². The van der Waals surface area contributed by atoms with Crippen LogP contribution in [0.3, 0.4) is 0 Å². The normalized spacial score (nSPS) is 15.4. The molecule has 1 fully saturated rings. The van der Waals surface area contributed by atoms with Gasteiger partial charge < -0.3 is 14.6 Å². The third kappa shape index (κ3) is 3.31. The Kier molecular flexibility index (Phi) is 4.59. The number of imidazole rings is 1. The Labute approximate surface area is 166 Å². The molecule has 4 aromatic heterocycles. The SMILES string of the molecule is Cc1nc2ccc(-c3ccn4nc(NC5CCOCC5)ncc34)nc2n1CCF. The van der Waals surface area contributed by atoms with Crippen LogP contribution in [0.1, 0.15) is 18.7 Å². The molecule has 29 heavy (non-hydrogen) atoms. The third-order valence-corrected chi connectivity index (χ3v) is 5.34. The molecule has 5 heterocycles. The van der Waals surface area contributed by atoms with Gasteiger partial charge in [0.2, 0.25) is 5.95 Å². The molecule has 1 aliphatic heterocycles. The largest absolute Gasteiger partial charge is 0.381 e. The zero-order valence-electron chi connectivity index (χ0n) is 16.2. The molecular formula is C20H22FN7O. The second kappa shape index (κ2) is 7.40. The van der Waals surface area contributed by atoms with E-state index in [0.29, 0.717) is 17.6 Å². The van der Waals surface area contributed by atoms with Gasteiger partial charge in [0.15, 0.2) is 5.65 Å². The zero-order chi connectivity index (χ0) is 19.8. The van der Waals surface area contributed by atoms with Gasteiger partial charge in [-0.25, -0.2) is 23.9 Å². The minimum atomic E-state index is -0.454. The molecule has 5 rings (SSSR count). The highest BCUT2D eigenvalue weighted by molar-refractivity contribution is 5.82. The molecule has 0 radical (unpaired) electrons. The van der Waals surface area contributed by atoms with Crippen molar-refractivity contribution in [1.82, 2.24) is 29.1 Å². The molecule has 150 valence electrons. The summed E-state index contributed by atoms with van der Waals surface area (Å²) in [7, 11) is 0. The van der Waals surface area contributed by atoms with Crippen LogP contribution in [0, 0.1) is 6.92 Å². The number of nitrogens with zero attached hydrogens (tertiary/aromatic N) is 6. The van der Waals surface area contributed by atoms with Crippen LogP contribution < -0.4 is 5.32 Å². The Morgan fingerprint density at radius 2 is 2.07 bits per heavy atom. The summed E-state index contributed by atoms with van der Waals surface area (Å²) in [5.74, 6) is 1.36. The first-order valence-electron chi connectivity index (χ1n) is 9.82. The van der Waals surface area contributed by atoms with Crippen LogP contribution in [0.15, 0.2) is 30.6 Å². The van der Waals surface area contributed by atoms with Crippen molar-refractivity contribution in [2.45, 2.75) is 32.4 Å². The van der Waals surface area contributed by atoms with Gasteiger partial charge in [-0.15, -0.1) is 5.10 Å². The lowest BCUT2D eigenvalue weighted by atomic mass is 10.1. The van der Waals surface area contributed by atoms with E-state index >= 15 is 0 Å². The predicted octanol–water partition coefficient (Wildman–Crippen LogP) is 3.01. The zero-order valence-corrected chi connectivity index (χ0v) is 16.2. The first-order chi connectivity index (χ1) is 14.2. The predicted molar refractivity (Wildman–Crippen MR) is 108 cm³/mol. The number of anilines is 1. The van der Waals surface area contributed by atoms with Crippen LogP contribution in [-0.2, 0) is 11.3 Å². The molecule has 8 nitrogen and oxygen atoms in total. The van der Waals surface area contributed by atoms with Crippen molar-refractivity contribution in [3.05, 3.63) is 36.4 Å². The van der Waals surface area contributed by atoms with E-state index in [4.69, 9.17) is 9.72 Å². The van der Waals surface area contributed by atoms with Gasteiger partial charge in [-0.3, -0.25) is 0 Å². The number of aryl methyl sites for hydroxylation is 2. The number of hydrogen-bond acceptors (Lipinski definition) is 6. The number of pyridine rings is 1. The number of ether oxygens (including phenoxy) is 1. The van der Waals surface area contributed by atoms with Crippen molar-refractivity contribution in [3.8, 4) is 11.3 Å². The van der Waals surface area contributed by atoms with Crippen LogP contribution in [-0.4, -0.2) is 55.1 Å². The number of fused-ring (bicyclic) bond motifs is 2. The summed E-state index contributed by atoms with van der Waals surface area (Å²) in [5.41, 5.74) is 4.03. The number of rotatable bonds is 5. The number of hydrogen-bond donors (Lipinski definition) is 1. The molecule has 1 N–H and O–H groups in total. The number of halogens is 1. The molecule has 1 saturated heterocycles. The maximum Gasteiger partial charge on any atom is 0.241 e. The summed E-state index contributed by atoms with van der Waals surface area (Å²) in [4.78, 5) is 13.7. The summed E-state index contributed by atoms with van der Waals surface area (Å²) in [5, 5.41) is 7.97. The molecule has 0 saturated carbocycles. The summed E-state index contributed by atoms with van der Waals surface area (Å²) >= 11 is 0. The van der Waals surface area contributed by atoms with Crippen LogP contribution in [0.25, 0.3) is 27.9 Å². The Morgan fingerprint density at radius 3 is 2.90 bits per heavy atom. The minimum absolute atomic E-state index is 0.250. The maximum atomic E-state index is 12.9. The lowest BCUT2D eigenvalue weighted by molar-refractivity contribution is 0.0903. The lowest BCUT2D eigenvalue weighted by Crippen LogP contribution is -2.28. The van der Waals surface area contributed by atoms with Gasteiger partial charge >= 0.3 is 0 Å². The first-order valence-corrected chi connectivity index (χ1v) is 9.82. The fourth-order valence-electron chi connectivity index (χ4n) is 3.82. The lowest BCUT2D eigenvalue weighted by Gasteiger charge is -2.22. The maximum absolute atomic E-state index is 12.9. The molecule has 4 aromatic rings. The summed E-state index contributed by atoms with van der Waals surface area (Å²) < 4.78 is 22.0. The highest BCUT2D eigenvalue weighted by Gasteiger charge is 2.16. The average Bonchev–Trinajstić information content (AvgIpc) is 3.29. The van der Waals surface area contributed by atoms with Gasteiger partial charge in [0.25, 0.3) is 0 Å². The van der Waals surface area contributed by atoms with E-state index in [9.17, 15) is 4.39 Å². The molecule has 0 spiro atoms. The Bertz CT molecular complexity index is 1160. The third-order valence-electron chi connectivity index (χ3n) is 5.34. The van der Waals surface area contributed by atoms with Crippen LogP contribution in [0.4, 0.5) is 10.3 Å². The number of nitrogens with one attached hydrogen (secondary N) is 1. The number of alkyl halides is 1. The topological polar surface area (TPSA) is 82.2 Å². The first kappa shape index (κ1) is 18.0. The molecule has 0 aliphatic carbocycles. The van der Waals surface area contributed by atoms with Crippen molar-refractivity contribution in [2.75, 3.05) is 25.2 Å². The Morgan fingerprint density at radius 1 is 1.21 bits per heavy atom. The second-order valence-electron chi connectivity index (χ2n) is 7.21. The van der Waals surface area contributed by atoms with Gasteiger partial charge in [-0.2, -0.15) is 0 Å². The fourth-order valence-corrected chi connectivity index (χ4v) is 3.82. The van der Waals surface area contributed by atoms with Crippen LogP contribution in [0.2, 0.25) is 0 Å². The van der Waals surface area contributed by atoms with Crippen LogP contribution >= 0.6 is 0 Å². The highest BCUT2D eigenvalue weighted by atomic mass is 19.1. The molecule has 0 atom stereocenters. The van der Waals surface area contributed by atoms with Crippen molar-refractivity contribution < 1.29 is 9.13 Å². The molecule has 0 unspecified atom stereocenters.